The van der Waals surface area contributed by atoms with Gasteiger partial charge in [0.05, 0.1) is 17.4 Å². The molecule has 1 heterocycles. The van der Waals surface area contributed by atoms with Gasteiger partial charge in [0.2, 0.25) is 9.84 Å². The second-order valence-electron chi connectivity index (χ2n) is 4.74. The van der Waals surface area contributed by atoms with E-state index in [9.17, 15) is 8.42 Å². The molecule has 0 bridgehead atoms. The van der Waals surface area contributed by atoms with Gasteiger partial charge in [-0.2, -0.15) is 0 Å². The van der Waals surface area contributed by atoms with Gasteiger partial charge >= 0.3 is 0 Å². The molecule has 6 heteroatoms. The lowest BCUT2D eigenvalue weighted by Crippen LogP contribution is -1.96. The number of fused-ring (bicyclic) bond motifs is 1. The van der Waals surface area contributed by atoms with Gasteiger partial charge < -0.3 is 9.47 Å². The van der Waals surface area contributed by atoms with E-state index in [2.05, 4.69) is 15.9 Å². The average Bonchev–Trinajstić information content (AvgIpc) is 2.72. The maximum Gasteiger partial charge on any atom is 0.204 e. The maximum atomic E-state index is 12.2. The number of allylic oxidation sites excluding steroid dienone is 4. The van der Waals surface area contributed by atoms with Gasteiger partial charge in [0.25, 0.3) is 0 Å². The van der Waals surface area contributed by atoms with Crippen LogP contribution in [0.25, 0.3) is 5.76 Å². The van der Waals surface area contributed by atoms with Crippen LogP contribution < -0.4 is 4.74 Å². The van der Waals surface area contributed by atoms with Crippen molar-refractivity contribution in [3.63, 3.8) is 0 Å². The first kappa shape index (κ1) is 14.4. The summed E-state index contributed by atoms with van der Waals surface area (Å²) in [7, 11) is -1.96. The molecule has 0 saturated heterocycles. The Morgan fingerprint density at radius 2 is 2.00 bits per heavy atom. The summed E-state index contributed by atoms with van der Waals surface area (Å²) in [6.45, 7) is 0. The molecular formula is C15H13BrO4S. The predicted molar refractivity (Wildman–Crippen MR) is 83.6 cm³/mol. The fourth-order valence-corrected chi connectivity index (χ4v) is 3.90. The Morgan fingerprint density at radius 1 is 1.19 bits per heavy atom. The van der Waals surface area contributed by atoms with Crippen molar-refractivity contribution in [2.45, 2.75) is 17.7 Å². The van der Waals surface area contributed by atoms with Crippen LogP contribution in [-0.4, -0.2) is 15.5 Å². The van der Waals surface area contributed by atoms with Crippen molar-refractivity contribution >= 4 is 31.5 Å². The van der Waals surface area contributed by atoms with Gasteiger partial charge in [0, 0.05) is 12.0 Å². The molecule has 21 heavy (non-hydrogen) atoms. The van der Waals surface area contributed by atoms with Crippen LogP contribution >= 0.6 is 15.9 Å². The molecule has 0 fully saturated rings. The van der Waals surface area contributed by atoms with Gasteiger partial charge in [-0.15, -0.1) is 0 Å². The second-order valence-corrected chi connectivity index (χ2v) is 7.52. The van der Waals surface area contributed by atoms with Crippen LogP contribution in [-0.2, 0) is 14.6 Å². The van der Waals surface area contributed by atoms with E-state index in [0.29, 0.717) is 17.1 Å². The summed E-state index contributed by atoms with van der Waals surface area (Å²) in [5, 5.41) is 1.17. The third-order valence-electron chi connectivity index (χ3n) is 3.32. The monoisotopic (exact) mass is 368 g/mol. The quantitative estimate of drug-likeness (QED) is 0.814. The van der Waals surface area contributed by atoms with Crippen LogP contribution in [0, 0.1) is 0 Å². The van der Waals surface area contributed by atoms with Gasteiger partial charge in [-0.05, 0) is 41.3 Å². The fraction of sp³-hybridized carbons (Fsp3) is 0.200. The minimum absolute atomic E-state index is 0.227. The van der Waals surface area contributed by atoms with Gasteiger partial charge in [-0.1, -0.05) is 15.9 Å². The van der Waals surface area contributed by atoms with Gasteiger partial charge in [-0.25, -0.2) is 8.42 Å². The summed E-state index contributed by atoms with van der Waals surface area (Å²) in [5.74, 6) is 1.63. The predicted octanol–water partition coefficient (Wildman–Crippen LogP) is 3.75. The summed E-state index contributed by atoms with van der Waals surface area (Å²) < 4.78 is 36.3. The van der Waals surface area contributed by atoms with E-state index in [1.807, 2.05) is 12.2 Å². The van der Waals surface area contributed by atoms with Crippen LogP contribution in [0.1, 0.15) is 18.4 Å². The summed E-state index contributed by atoms with van der Waals surface area (Å²) >= 11 is 3.42. The van der Waals surface area contributed by atoms with E-state index in [1.54, 1.807) is 12.1 Å². The standard InChI is InChI=1S/C15H13BrO4S/c1-19-12-6-7-13-14(9-21(17,18)15(13)8-12)20-11-4-2-10(16)3-5-11/h2,4,6-9H,3,5H2,1H3. The molecule has 1 aromatic rings. The molecular weight excluding hydrogens is 356 g/mol. The highest BCUT2D eigenvalue weighted by atomic mass is 79.9. The largest absolute Gasteiger partial charge is 0.497 e. The van der Waals surface area contributed by atoms with Crippen molar-refractivity contribution in [2.24, 2.45) is 0 Å². The van der Waals surface area contributed by atoms with E-state index in [4.69, 9.17) is 9.47 Å². The van der Waals surface area contributed by atoms with Crippen molar-refractivity contribution < 1.29 is 17.9 Å². The average molecular weight is 369 g/mol. The minimum Gasteiger partial charge on any atom is -0.497 e. The zero-order valence-electron chi connectivity index (χ0n) is 11.3. The van der Waals surface area contributed by atoms with Crippen LogP contribution in [0.3, 0.4) is 0 Å². The van der Waals surface area contributed by atoms with E-state index in [1.165, 1.54) is 18.6 Å². The molecule has 0 atom stereocenters. The fourth-order valence-electron chi connectivity index (χ4n) is 2.23. The topological polar surface area (TPSA) is 52.6 Å². The van der Waals surface area contributed by atoms with Gasteiger partial charge in [0.1, 0.15) is 17.3 Å². The lowest BCUT2D eigenvalue weighted by molar-refractivity contribution is 0.362. The van der Waals surface area contributed by atoms with Crippen LogP contribution in [0.15, 0.2) is 50.9 Å². The number of methoxy groups -OCH3 is 1. The molecule has 0 aromatic heterocycles. The number of halogens is 1. The van der Waals surface area contributed by atoms with Gasteiger partial charge in [-0.3, -0.25) is 0 Å². The molecule has 1 aliphatic carbocycles. The molecule has 0 saturated carbocycles. The highest BCUT2D eigenvalue weighted by molar-refractivity contribution is 9.11. The molecule has 110 valence electrons. The normalized spacial score (nSPS) is 19.2. The number of ether oxygens (including phenoxy) is 2. The highest BCUT2D eigenvalue weighted by Crippen LogP contribution is 2.38. The molecule has 0 unspecified atom stereocenters. The van der Waals surface area contributed by atoms with Crippen molar-refractivity contribution in [1.29, 1.82) is 0 Å². The molecule has 1 aliphatic heterocycles. The van der Waals surface area contributed by atoms with Gasteiger partial charge in [0.15, 0.2) is 0 Å². The zero-order valence-corrected chi connectivity index (χ0v) is 13.7. The smallest absolute Gasteiger partial charge is 0.204 e. The SMILES string of the molecule is COc1ccc2c(c1)S(=O)(=O)C=C2OC1=CC=C(Br)CC1. The Hall–Kier alpha value is -1.53. The minimum atomic E-state index is -3.47. The van der Waals surface area contributed by atoms with Crippen LogP contribution in [0.2, 0.25) is 0 Å². The molecule has 1 aromatic carbocycles. The third kappa shape index (κ3) is 2.78. The van der Waals surface area contributed by atoms with Crippen LogP contribution in [0.4, 0.5) is 0 Å². The Morgan fingerprint density at radius 3 is 2.67 bits per heavy atom. The Kier molecular flexibility index (Phi) is 3.67. The number of hydrogen-bond acceptors (Lipinski definition) is 4. The first-order valence-electron chi connectivity index (χ1n) is 6.38. The van der Waals surface area contributed by atoms with E-state index in [0.717, 1.165) is 23.1 Å². The molecule has 3 rings (SSSR count). The Bertz CT molecular complexity index is 788. The van der Waals surface area contributed by atoms with Crippen LogP contribution in [0.5, 0.6) is 5.75 Å². The molecule has 0 radical (unpaired) electrons. The first-order chi connectivity index (χ1) is 9.99. The summed E-state index contributed by atoms with van der Waals surface area (Å²) in [4.78, 5) is 0.227. The zero-order chi connectivity index (χ0) is 15.0. The van der Waals surface area contributed by atoms with Crippen molar-refractivity contribution in [3.05, 3.63) is 51.6 Å². The number of benzene rings is 1. The highest BCUT2D eigenvalue weighted by Gasteiger charge is 2.29. The molecule has 0 spiro atoms. The summed E-state index contributed by atoms with van der Waals surface area (Å²) in [6, 6.07) is 4.95. The summed E-state index contributed by atoms with van der Waals surface area (Å²) in [5.41, 5.74) is 0.574. The molecule has 0 N–H and O–H groups in total. The number of hydrogen-bond donors (Lipinski definition) is 0. The number of rotatable bonds is 3. The molecule has 2 aliphatic rings. The summed E-state index contributed by atoms with van der Waals surface area (Å²) in [6.07, 6.45) is 5.35. The Balaban J connectivity index is 1.96. The van der Waals surface area contributed by atoms with E-state index >= 15 is 0 Å². The number of sulfone groups is 1. The Labute approximate surface area is 131 Å². The second kappa shape index (κ2) is 5.35. The molecule has 4 nitrogen and oxygen atoms in total. The lowest BCUT2D eigenvalue weighted by Gasteiger charge is -2.14. The van der Waals surface area contributed by atoms with Crippen molar-refractivity contribution in [1.82, 2.24) is 0 Å². The first-order valence-corrected chi connectivity index (χ1v) is 8.72. The van der Waals surface area contributed by atoms with E-state index in [-0.39, 0.29) is 4.90 Å². The third-order valence-corrected chi connectivity index (χ3v) is 5.46. The maximum absolute atomic E-state index is 12.2. The van der Waals surface area contributed by atoms with E-state index < -0.39 is 9.84 Å². The molecule has 0 amide bonds. The van der Waals surface area contributed by atoms with Crippen molar-refractivity contribution in [3.8, 4) is 5.75 Å². The lowest BCUT2D eigenvalue weighted by atomic mass is 10.1. The van der Waals surface area contributed by atoms with Crippen molar-refractivity contribution in [2.75, 3.05) is 7.11 Å².